The molecule has 0 fully saturated rings. The zero-order valence-electron chi connectivity index (χ0n) is 16.3. The molecule has 2 rings (SSSR count). The number of hydrogen-bond donors (Lipinski definition) is 4. The molecule has 27 heavy (non-hydrogen) atoms. The molecule has 0 aromatic heterocycles. The normalized spacial score (nSPS) is 13.1. The van der Waals surface area contributed by atoms with E-state index < -0.39 is 18.6 Å². The van der Waals surface area contributed by atoms with Gasteiger partial charge in [-0.15, -0.1) is 0 Å². The summed E-state index contributed by atoms with van der Waals surface area (Å²) in [7, 11) is 0. The maximum Gasteiger partial charge on any atom is 0.130 e. The van der Waals surface area contributed by atoms with Gasteiger partial charge in [0.15, 0.2) is 0 Å². The predicted molar refractivity (Wildman–Crippen MR) is 110 cm³/mol. The number of rotatable bonds is 6. The van der Waals surface area contributed by atoms with E-state index in [2.05, 4.69) is 0 Å². The van der Waals surface area contributed by atoms with E-state index in [1.54, 1.807) is 0 Å². The summed E-state index contributed by atoms with van der Waals surface area (Å²) in [6.45, 7) is 6.64. The van der Waals surface area contributed by atoms with Crippen molar-refractivity contribution in [3.63, 3.8) is 0 Å². The van der Waals surface area contributed by atoms with E-state index in [1.807, 2.05) is 64.1 Å². The van der Waals surface area contributed by atoms with Crippen molar-refractivity contribution in [2.24, 2.45) is 5.41 Å². The molecular weight excluding hydrogens is 340 g/mol. The highest BCUT2D eigenvalue weighted by Gasteiger charge is 2.38. The molecule has 0 saturated carbocycles. The molecule has 0 amide bonds. The SMILES string of the molecule is Cc1ccc(C=C(O)C(CO)(CO)C(O)=Cc2ccc(C)c(C)c2)cc1C. The number of aliphatic hydroxyl groups is 4. The topological polar surface area (TPSA) is 80.9 Å². The van der Waals surface area contributed by atoms with Gasteiger partial charge in [0, 0.05) is 0 Å². The number of benzene rings is 2. The molecule has 2 aromatic carbocycles. The lowest BCUT2D eigenvalue weighted by Crippen LogP contribution is -2.34. The van der Waals surface area contributed by atoms with Crippen molar-refractivity contribution in [3.8, 4) is 0 Å². The quantitative estimate of drug-likeness (QED) is 0.570. The van der Waals surface area contributed by atoms with Crippen LogP contribution in [0, 0.1) is 33.1 Å². The molecule has 0 spiro atoms. The first-order chi connectivity index (χ1) is 12.7. The lowest BCUT2D eigenvalue weighted by molar-refractivity contribution is 0.0487. The Labute approximate surface area is 160 Å². The van der Waals surface area contributed by atoms with Crippen molar-refractivity contribution in [1.82, 2.24) is 0 Å². The van der Waals surface area contributed by atoms with Crippen molar-refractivity contribution in [2.45, 2.75) is 27.7 Å². The second-order valence-corrected chi connectivity index (χ2v) is 7.14. The fourth-order valence-corrected chi connectivity index (χ4v) is 2.81. The maximum absolute atomic E-state index is 10.7. The van der Waals surface area contributed by atoms with E-state index in [4.69, 9.17) is 0 Å². The molecule has 4 N–H and O–H groups in total. The van der Waals surface area contributed by atoms with Crippen molar-refractivity contribution >= 4 is 12.2 Å². The van der Waals surface area contributed by atoms with Gasteiger partial charge in [-0.1, -0.05) is 36.4 Å². The Morgan fingerprint density at radius 3 is 1.37 bits per heavy atom. The van der Waals surface area contributed by atoms with Gasteiger partial charge in [-0.3, -0.25) is 0 Å². The summed E-state index contributed by atoms with van der Waals surface area (Å²) in [5, 5.41) is 41.1. The van der Waals surface area contributed by atoms with Crippen LogP contribution >= 0.6 is 0 Å². The standard InChI is InChI=1S/C23H28O4/c1-15-5-7-19(9-17(15)3)11-21(26)23(13-24,14-25)22(27)12-20-8-6-16(2)18(4)10-20/h5-12,24-27H,13-14H2,1-4H3. The Balaban J connectivity index is 2.47. The van der Waals surface area contributed by atoms with Crippen molar-refractivity contribution in [1.29, 1.82) is 0 Å². The lowest BCUT2D eigenvalue weighted by atomic mass is 9.83. The van der Waals surface area contributed by atoms with E-state index in [-0.39, 0.29) is 11.5 Å². The van der Waals surface area contributed by atoms with Gasteiger partial charge in [0.2, 0.25) is 0 Å². The van der Waals surface area contributed by atoms with Crippen LogP contribution in [0.2, 0.25) is 0 Å². The van der Waals surface area contributed by atoms with Crippen LogP contribution in [0.3, 0.4) is 0 Å². The largest absolute Gasteiger partial charge is 0.511 e. The minimum absolute atomic E-state index is 0.298. The molecule has 144 valence electrons. The Kier molecular flexibility index (Phi) is 6.47. The molecule has 0 unspecified atom stereocenters. The zero-order valence-corrected chi connectivity index (χ0v) is 16.3. The average molecular weight is 368 g/mol. The third-order valence-electron chi connectivity index (χ3n) is 5.19. The summed E-state index contributed by atoms with van der Waals surface area (Å²) in [6.07, 6.45) is 2.92. The molecule has 0 radical (unpaired) electrons. The van der Waals surface area contributed by atoms with Crippen LogP contribution < -0.4 is 0 Å². The maximum atomic E-state index is 10.7. The van der Waals surface area contributed by atoms with Crippen LogP contribution in [0.4, 0.5) is 0 Å². The highest BCUT2D eigenvalue weighted by atomic mass is 16.3. The smallest absolute Gasteiger partial charge is 0.130 e. The molecule has 0 aliphatic heterocycles. The van der Waals surface area contributed by atoms with Crippen LogP contribution in [0.15, 0.2) is 47.9 Å². The number of aliphatic hydroxyl groups excluding tert-OH is 4. The van der Waals surface area contributed by atoms with Gasteiger partial charge in [0.1, 0.15) is 16.9 Å². The fourth-order valence-electron chi connectivity index (χ4n) is 2.81. The molecule has 0 aliphatic rings. The van der Waals surface area contributed by atoms with Crippen LogP contribution in [0.1, 0.15) is 33.4 Å². The molecule has 0 saturated heterocycles. The Morgan fingerprint density at radius 2 is 1.07 bits per heavy atom. The van der Waals surface area contributed by atoms with Gasteiger partial charge in [-0.25, -0.2) is 0 Å². The second kappa shape index (κ2) is 8.42. The van der Waals surface area contributed by atoms with E-state index in [0.29, 0.717) is 0 Å². The van der Waals surface area contributed by atoms with Crippen LogP contribution in [-0.4, -0.2) is 33.6 Å². The fraction of sp³-hybridized carbons (Fsp3) is 0.304. The summed E-state index contributed by atoms with van der Waals surface area (Å²) >= 11 is 0. The first kappa shape index (κ1) is 20.7. The van der Waals surface area contributed by atoms with Gasteiger partial charge in [-0.2, -0.15) is 0 Å². The molecular formula is C23H28O4. The van der Waals surface area contributed by atoms with Crippen molar-refractivity contribution in [2.75, 3.05) is 13.2 Å². The summed E-state index contributed by atoms with van der Waals surface area (Å²) in [6, 6.07) is 11.3. The van der Waals surface area contributed by atoms with E-state index >= 15 is 0 Å². The van der Waals surface area contributed by atoms with Gasteiger partial charge >= 0.3 is 0 Å². The monoisotopic (exact) mass is 368 g/mol. The van der Waals surface area contributed by atoms with Gasteiger partial charge in [0.05, 0.1) is 13.2 Å². The summed E-state index contributed by atoms with van der Waals surface area (Å²) in [5.74, 6) is -0.596. The Morgan fingerprint density at radius 1 is 0.704 bits per heavy atom. The van der Waals surface area contributed by atoms with Gasteiger partial charge < -0.3 is 20.4 Å². The molecule has 4 nitrogen and oxygen atoms in total. The van der Waals surface area contributed by atoms with Gasteiger partial charge in [-0.05, 0) is 73.2 Å². The number of aryl methyl sites for hydroxylation is 4. The first-order valence-corrected chi connectivity index (χ1v) is 8.92. The van der Waals surface area contributed by atoms with E-state index in [0.717, 1.165) is 33.4 Å². The lowest BCUT2D eigenvalue weighted by Gasteiger charge is -2.28. The third kappa shape index (κ3) is 4.41. The Bertz CT molecular complexity index is 804. The number of hydrogen-bond acceptors (Lipinski definition) is 4. The zero-order chi connectivity index (χ0) is 20.2. The molecule has 0 bridgehead atoms. The van der Waals surface area contributed by atoms with Crippen molar-refractivity contribution < 1.29 is 20.4 Å². The third-order valence-corrected chi connectivity index (χ3v) is 5.19. The summed E-state index contributed by atoms with van der Waals surface area (Å²) in [5.41, 5.74) is 4.15. The first-order valence-electron chi connectivity index (χ1n) is 8.92. The van der Waals surface area contributed by atoms with Gasteiger partial charge in [0.25, 0.3) is 0 Å². The predicted octanol–water partition coefficient (Wildman–Crippen LogP) is 4.39. The summed E-state index contributed by atoms with van der Waals surface area (Å²) in [4.78, 5) is 0. The minimum atomic E-state index is -1.67. The van der Waals surface area contributed by atoms with Crippen LogP contribution in [0.25, 0.3) is 12.2 Å². The van der Waals surface area contributed by atoms with E-state index in [1.165, 1.54) is 12.2 Å². The average Bonchev–Trinajstić information content (AvgIpc) is 2.63. The summed E-state index contributed by atoms with van der Waals surface area (Å²) < 4.78 is 0. The minimum Gasteiger partial charge on any atom is -0.511 e. The van der Waals surface area contributed by atoms with Crippen molar-refractivity contribution in [3.05, 3.63) is 81.3 Å². The molecule has 2 aromatic rings. The molecule has 0 heterocycles. The second-order valence-electron chi connectivity index (χ2n) is 7.14. The van der Waals surface area contributed by atoms with E-state index in [9.17, 15) is 20.4 Å². The van der Waals surface area contributed by atoms with Crippen LogP contribution in [0.5, 0.6) is 0 Å². The van der Waals surface area contributed by atoms with Crippen LogP contribution in [-0.2, 0) is 0 Å². The molecule has 0 atom stereocenters. The highest BCUT2D eigenvalue weighted by Crippen LogP contribution is 2.34. The Hall–Kier alpha value is -2.56. The highest BCUT2D eigenvalue weighted by molar-refractivity contribution is 5.59. The molecule has 4 heteroatoms. The molecule has 0 aliphatic carbocycles.